The molecule has 0 aliphatic heterocycles. The second kappa shape index (κ2) is 1.43. The van der Waals surface area contributed by atoms with Crippen LogP contribution in [-0.4, -0.2) is 15.1 Å². The van der Waals surface area contributed by atoms with Crippen molar-refractivity contribution in [1.82, 2.24) is 10.0 Å². The van der Waals surface area contributed by atoms with Gasteiger partial charge in [0.1, 0.15) is 6.20 Å². The van der Waals surface area contributed by atoms with Crippen LogP contribution in [0.2, 0.25) is 0 Å². The first-order valence-corrected chi connectivity index (χ1v) is 1.80. The molecule has 0 aromatic carbocycles. The fourth-order valence-electron chi connectivity index (χ4n) is 0.318. The van der Waals surface area contributed by atoms with Crippen molar-refractivity contribution in [2.45, 2.75) is 0 Å². The average Bonchev–Trinajstić information content (AvgIpc) is 1.85. The number of nitrogens with zero attached hydrogens (tertiary/aromatic N) is 2. The largest absolute Gasteiger partial charge is 0.502 e. The van der Waals surface area contributed by atoms with E-state index in [4.69, 9.17) is 5.11 Å². The fraction of sp³-hybridized carbons (Fsp3) is 0. The van der Waals surface area contributed by atoms with Crippen LogP contribution in [0.3, 0.4) is 0 Å². The summed E-state index contributed by atoms with van der Waals surface area (Å²) >= 11 is 0. The number of rotatable bonds is 0. The summed E-state index contributed by atoms with van der Waals surface area (Å²) in [5.41, 5.74) is 0. The first-order chi connectivity index (χ1) is 3.70. The number of halogens is 2. The summed E-state index contributed by atoms with van der Waals surface area (Å²) < 4.78 is 23.3. The molecule has 0 aliphatic rings. The van der Waals surface area contributed by atoms with E-state index in [1.807, 2.05) is 0 Å². The van der Waals surface area contributed by atoms with Crippen molar-refractivity contribution in [3.05, 3.63) is 12.1 Å². The van der Waals surface area contributed by atoms with Crippen LogP contribution in [0.5, 0.6) is 5.75 Å². The van der Waals surface area contributed by atoms with Crippen LogP contribution in [0.1, 0.15) is 0 Å². The summed E-state index contributed by atoms with van der Waals surface area (Å²) in [6, 6.07) is 0. The summed E-state index contributed by atoms with van der Waals surface area (Å²) in [5.74, 6) is -1.99. The third kappa shape index (κ3) is 0.617. The summed E-state index contributed by atoms with van der Waals surface area (Å²) in [6.45, 7) is 0. The molecule has 0 unspecified atom stereocenters. The zero-order valence-electron chi connectivity index (χ0n) is 3.67. The minimum absolute atomic E-state index is 0.301. The lowest BCUT2D eigenvalue weighted by atomic mass is 10.7. The monoisotopic (exact) mass is 120 g/mol. The van der Waals surface area contributed by atoms with E-state index in [1.165, 1.54) is 0 Å². The van der Waals surface area contributed by atoms with Crippen molar-refractivity contribution >= 4 is 0 Å². The van der Waals surface area contributed by atoms with Gasteiger partial charge in [-0.1, -0.05) is 9.39 Å². The maximum absolute atomic E-state index is 11.7. The topological polar surface area (TPSA) is 38.0 Å². The molecule has 1 N–H and O–H groups in total. The van der Waals surface area contributed by atoms with Gasteiger partial charge in [0.2, 0.25) is 0 Å². The molecular weight excluding hydrogens is 118 g/mol. The first-order valence-electron chi connectivity index (χ1n) is 1.80. The standard InChI is InChI=1S/C3H2F2N2O/c4-3-2(8)1-7(5)6-3/h1,8H. The van der Waals surface area contributed by atoms with E-state index in [9.17, 15) is 8.87 Å². The van der Waals surface area contributed by atoms with Gasteiger partial charge in [0.05, 0.1) is 0 Å². The third-order valence-corrected chi connectivity index (χ3v) is 0.624. The Morgan fingerprint density at radius 1 is 1.75 bits per heavy atom. The third-order valence-electron chi connectivity index (χ3n) is 0.624. The van der Waals surface area contributed by atoms with Crippen LogP contribution >= 0.6 is 0 Å². The molecule has 0 bridgehead atoms. The van der Waals surface area contributed by atoms with Crippen molar-refractivity contribution in [2.24, 2.45) is 0 Å². The average molecular weight is 120 g/mol. The van der Waals surface area contributed by atoms with E-state index >= 15 is 0 Å². The molecule has 1 rings (SSSR count). The highest BCUT2D eigenvalue weighted by molar-refractivity contribution is 5.10. The van der Waals surface area contributed by atoms with E-state index in [2.05, 4.69) is 5.10 Å². The van der Waals surface area contributed by atoms with E-state index in [-0.39, 0.29) is 4.90 Å². The molecule has 44 valence electrons. The number of aromatic hydroxyl groups is 1. The van der Waals surface area contributed by atoms with Gasteiger partial charge in [0, 0.05) is 0 Å². The maximum Gasteiger partial charge on any atom is 0.277 e. The molecule has 0 amide bonds. The Hall–Kier alpha value is -1.13. The van der Waals surface area contributed by atoms with Gasteiger partial charge < -0.3 is 5.11 Å². The second-order valence-electron chi connectivity index (χ2n) is 1.19. The Labute approximate surface area is 43.1 Å². The minimum atomic E-state index is -1.20. The van der Waals surface area contributed by atoms with E-state index in [1.54, 1.807) is 0 Å². The Balaban J connectivity index is 3.14. The van der Waals surface area contributed by atoms with Crippen LogP contribution in [0.4, 0.5) is 8.87 Å². The molecule has 3 nitrogen and oxygen atoms in total. The van der Waals surface area contributed by atoms with Gasteiger partial charge in [-0.15, -0.1) is 5.10 Å². The molecular formula is C3H2F2N2O. The van der Waals surface area contributed by atoms with Gasteiger partial charge in [0.25, 0.3) is 5.95 Å². The maximum atomic E-state index is 11.7. The van der Waals surface area contributed by atoms with Gasteiger partial charge in [0.15, 0.2) is 5.75 Å². The molecule has 0 saturated heterocycles. The number of hydrogen-bond acceptors (Lipinski definition) is 2. The van der Waals surface area contributed by atoms with E-state index in [0.29, 0.717) is 6.20 Å². The first kappa shape index (κ1) is 5.02. The van der Waals surface area contributed by atoms with Gasteiger partial charge >= 0.3 is 0 Å². The summed E-state index contributed by atoms with van der Waals surface area (Å²) in [5, 5.41) is 10.8. The fourth-order valence-corrected chi connectivity index (χ4v) is 0.318. The van der Waals surface area contributed by atoms with Crippen LogP contribution in [-0.2, 0) is 0 Å². The predicted molar refractivity (Wildman–Crippen MR) is 20.4 cm³/mol. The molecule has 0 atom stereocenters. The quantitative estimate of drug-likeness (QED) is 0.540. The molecule has 0 fully saturated rings. The van der Waals surface area contributed by atoms with Gasteiger partial charge in [-0.2, -0.15) is 4.39 Å². The predicted octanol–water partition coefficient (Wildman–Crippen LogP) is 0.460. The molecule has 1 aromatic rings. The van der Waals surface area contributed by atoms with Crippen LogP contribution < -0.4 is 0 Å². The normalized spacial score (nSPS) is 9.75. The Morgan fingerprint density at radius 2 is 2.38 bits per heavy atom. The van der Waals surface area contributed by atoms with Gasteiger partial charge in [-0.05, 0) is 0 Å². The Kier molecular flexibility index (Phi) is 0.896. The molecule has 5 heteroatoms. The Morgan fingerprint density at radius 3 is 2.50 bits per heavy atom. The summed E-state index contributed by atoms with van der Waals surface area (Å²) in [4.78, 5) is -0.301. The summed E-state index contributed by atoms with van der Waals surface area (Å²) in [6.07, 6.45) is 0.523. The lowest BCUT2D eigenvalue weighted by molar-refractivity contribution is 0.303. The number of hydrogen-bond donors (Lipinski definition) is 1. The second-order valence-corrected chi connectivity index (χ2v) is 1.19. The van der Waals surface area contributed by atoms with Crippen molar-refractivity contribution < 1.29 is 14.0 Å². The lowest BCUT2D eigenvalue weighted by Gasteiger charge is -1.71. The zero-order valence-corrected chi connectivity index (χ0v) is 3.67. The molecule has 8 heavy (non-hydrogen) atoms. The smallest absolute Gasteiger partial charge is 0.277 e. The van der Waals surface area contributed by atoms with Crippen LogP contribution in [0, 0.1) is 5.95 Å². The van der Waals surface area contributed by atoms with Gasteiger partial charge in [-0.3, -0.25) is 0 Å². The summed E-state index contributed by atoms with van der Waals surface area (Å²) in [7, 11) is 0. The van der Waals surface area contributed by atoms with Crippen molar-refractivity contribution in [3.63, 3.8) is 0 Å². The van der Waals surface area contributed by atoms with Crippen molar-refractivity contribution in [2.75, 3.05) is 0 Å². The van der Waals surface area contributed by atoms with Crippen LogP contribution in [0.15, 0.2) is 6.20 Å². The van der Waals surface area contributed by atoms with Gasteiger partial charge in [-0.25, -0.2) is 0 Å². The van der Waals surface area contributed by atoms with E-state index in [0.717, 1.165) is 0 Å². The highest BCUT2D eigenvalue weighted by atomic mass is 19.2. The molecule has 1 aromatic heterocycles. The molecule has 1 heterocycles. The minimum Gasteiger partial charge on any atom is -0.502 e. The molecule has 0 radical (unpaired) electrons. The zero-order chi connectivity index (χ0) is 6.15. The number of aromatic nitrogens is 2. The highest BCUT2D eigenvalue weighted by Crippen LogP contribution is 2.10. The molecule has 0 spiro atoms. The Bertz CT molecular complexity index is 178. The molecule has 0 saturated carbocycles. The SMILES string of the molecule is Oc1cn(F)nc1F. The molecule has 0 aliphatic carbocycles. The van der Waals surface area contributed by atoms with Crippen molar-refractivity contribution in [3.8, 4) is 5.75 Å². The highest BCUT2D eigenvalue weighted by Gasteiger charge is 2.03. The lowest BCUT2D eigenvalue weighted by Crippen LogP contribution is -1.80. The van der Waals surface area contributed by atoms with Crippen LogP contribution in [0.25, 0.3) is 0 Å². The van der Waals surface area contributed by atoms with Crippen molar-refractivity contribution in [1.29, 1.82) is 0 Å². The van der Waals surface area contributed by atoms with E-state index < -0.39 is 11.7 Å².